The van der Waals surface area contributed by atoms with Crippen LogP contribution in [0.4, 0.5) is 22.7 Å². The minimum Gasteiger partial charge on any atom is -0.418 e. The lowest BCUT2D eigenvalue weighted by atomic mass is 10.1. The number of halogens is 4. The van der Waals surface area contributed by atoms with Gasteiger partial charge < -0.3 is 25.3 Å². The molecule has 292 valence electrons. The summed E-state index contributed by atoms with van der Waals surface area (Å²) in [5, 5.41) is 36.1. The third-order valence-electron chi connectivity index (χ3n) is 8.05. The van der Waals surface area contributed by atoms with Crippen molar-refractivity contribution in [2.75, 3.05) is 10.6 Å². The molecule has 13 nitrogen and oxygen atoms in total. The molecule has 0 fully saturated rings. The van der Waals surface area contributed by atoms with Crippen molar-refractivity contribution in [1.29, 1.82) is 0 Å². The maximum absolute atomic E-state index is 12.4. The highest BCUT2D eigenvalue weighted by molar-refractivity contribution is 6.35. The number of aromatic nitrogens is 2. The third kappa shape index (κ3) is 11.3. The fraction of sp³-hybridized carbons (Fsp3) is 0.231. The van der Waals surface area contributed by atoms with Crippen molar-refractivity contribution in [2.45, 2.75) is 59.4 Å². The maximum Gasteiger partial charge on any atom is 0.269 e. The molecule has 0 bridgehead atoms. The second-order valence-electron chi connectivity index (χ2n) is 12.0. The van der Waals surface area contributed by atoms with Gasteiger partial charge in [-0.05, 0) is 99.5 Å². The van der Waals surface area contributed by atoms with E-state index in [1.54, 1.807) is 75.4 Å². The van der Waals surface area contributed by atoms with Crippen LogP contribution in [0.2, 0.25) is 20.1 Å². The highest BCUT2D eigenvalue weighted by Gasteiger charge is 2.27. The number of hydrogen-bond acceptors (Lipinski definition) is 9. The highest BCUT2D eigenvalue weighted by atomic mass is 35.5. The zero-order valence-electron chi connectivity index (χ0n) is 29.7. The molecule has 0 saturated heterocycles. The van der Waals surface area contributed by atoms with Crippen LogP contribution in [0, 0.1) is 27.0 Å². The van der Waals surface area contributed by atoms with Crippen LogP contribution in [0.15, 0.2) is 77.2 Å². The third-order valence-corrected chi connectivity index (χ3v) is 9.50. The van der Waals surface area contributed by atoms with Crippen LogP contribution in [0.25, 0.3) is 21.1 Å². The Bertz CT molecular complexity index is 2230. The van der Waals surface area contributed by atoms with E-state index in [-0.39, 0.29) is 24.0 Å². The van der Waals surface area contributed by atoms with Crippen LogP contribution < -0.4 is 21.5 Å². The first-order valence-electron chi connectivity index (χ1n) is 16.3. The zero-order valence-corrected chi connectivity index (χ0v) is 32.7. The molecule has 1 aromatic heterocycles. The molecular formula is C39H38Cl4N8O5. The van der Waals surface area contributed by atoms with E-state index in [1.165, 1.54) is 25.1 Å². The van der Waals surface area contributed by atoms with Gasteiger partial charge in [0.1, 0.15) is 12.1 Å². The van der Waals surface area contributed by atoms with E-state index < -0.39 is 36.1 Å². The molecule has 56 heavy (non-hydrogen) atoms. The lowest BCUT2D eigenvalue weighted by Crippen LogP contribution is -2.52. The number of nitrogens with zero attached hydrogens (tertiary/aromatic N) is 4. The Morgan fingerprint density at radius 1 is 0.714 bits per heavy atom. The Balaban J connectivity index is 0.000000295. The number of aliphatic hydroxyl groups excluding tert-OH is 2. The lowest BCUT2D eigenvalue weighted by Gasteiger charge is -2.23. The number of rotatable bonds is 10. The van der Waals surface area contributed by atoms with E-state index in [2.05, 4.69) is 41.4 Å². The first kappa shape index (κ1) is 45.0. The van der Waals surface area contributed by atoms with Gasteiger partial charge in [-0.1, -0.05) is 66.0 Å². The molecule has 17 heteroatoms. The molecule has 4 aromatic carbocycles. The summed E-state index contributed by atoms with van der Waals surface area (Å²) in [6, 6.07) is 17.9. The van der Waals surface area contributed by atoms with E-state index in [0.29, 0.717) is 54.7 Å². The number of aliphatic hydroxyl groups is 2. The number of anilines is 2. The Labute approximate surface area is 344 Å². The number of hydrogen-bond donors (Lipinski definition) is 6. The molecule has 5 aromatic rings. The summed E-state index contributed by atoms with van der Waals surface area (Å²) < 4.78 is 5.75. The van der Waals surface area contributed by atoms with E-state index in [0.717, 1.165) is 5.56 Å². The first-order valence-corrected chi connectivity index (χ1v) is 17.8. The number of nitrogens with one attached hydrogen (secondary N) is 4. The quantitative estimate of drug-likeness (QED) is 0.0592. The van der Waals surface area contributed by atoms with Crippen molar-refractivity contribution < 1.29 is 24.2 Å². The van der Waals surface area contributed by atoms with E-state index in [1.807, 2.05) is 0 Å². The van der Waals surface area contributed by atoms with Crippen LogP contribution >= 0.6 is 46.4 Å². The Kier molecular flexibility index (Phi) is 16.5. The van der Waals surface area contributed by atoms with Crippen molar-refractivity contribution in [3.63, 3.8) is 0 Å². The molecule has 0 unspecified atom stereocenters. The molecular weight excluding hydrogens is 802 g/mol. The average Bonchev–Trinajstić information content (AvgIpc) is 3.65. The summed E-state index contributed by atoms with van der Waals surface area (Å²) in [7, 11) is 0. The summed E-state index contributed by atoms with van der Waals surface area (Å²) in [6.45, 7) is 20.8. The van der Waals surface area contributed by atoms with Gasteiger partial charge in [0, 0.05) is 32.5 Å². The topological polar surface area (TPSA) is 170 Å². The van der Waals surface area contributed by atoms with Crippen molar-refractivity contribution in [3.05, 3.63) is 138 Å². The molecule has 0 saturated carbocycles. The van der Waals surface area contributed by atoms with Gasteiger partial charge in [-0.3, -0.25) is 20.4 Å². The van der Waals surface area contributed by atoms with Gasteiger partial charge in [0.2, 0.25) is 23.2 Å². The smallest absolute Gasteiger partial charge is 0.269 e. The summed E-state index contributed by atoms with van der Waals surface area (Å²) in [5.41, 5.74) is 8.69. The Morgan fingerprint density at radius 2 is 1.21 bits per heavy atom. The minimum absolute atomic E-state index is 0. The van der Waals surface area contributed by atoms with Gasteiger partial charge in [0.15, 0.2) is 0 Å². The summed E-state index contributed by atoms with van der Waals surface area (Å²) in [5.74, 6) is -0.621. The van der Waals surface area contributed by atoms with Crippen LogP contribution in [0.1, 0.15) is 54.7 Å². The molecule has 4 atom stereocenters. The summed E-state index contributed by atoms with van der Waals surface area (Å²) in [4.78, 5) is 31.2. The van der Waals surface area contributed by atoms with Crippen LogP contribution in [-0.2, 0) is 4.79 Å². The van der Waals surface area contributed by atoms with Crippen LogP contribution in [0.5, 0.6) is 0 Å². The van der Waals surface area contributed by atoms with Crippen molar-refractivity contribution in [1.82, 2.24) is 21.0 Å². The van der Waals surface area contributed by atoms with Gasteiger partial charge in [-0.2, -0.15) is 0 Å². The Morgan fingerprint density at radius 3 is 1.70 bits per heavy atom. The standard InChI is InChI=1S/C19H18Cl2N4O3.C19H16Cl2N4O2.CH4/c1-10-14(8-9-15(22-3)16(10)21)23-17(11(2)26)19(28)25-24-18(27)12-4-6-13(20)7-5-12;1-10-14(8-9-15(22-3)16(10)21)23-17(11(2)26)19-25-24-18(27-19)12-4-6-13(20)7-5-12;/h4-9,11,17,23,26H,1-2H3,(H,24,27)(H,25,28);4-9,11,17,23,26H,1-2H3;1H4/t2*11-,17+;/m00./s1. The Hall–Kier alpha value is -5.38. The highest BCUT2D eigenvalue weighted by Crippen LogP contribution is 2.36. The molecule has 2 amide bonds. The second-order valence-corrected chi connectivity index (χ2v) is 13.6. The van der Waals surface area contributed by atoms with Crippen LogP contribution in [0.3, 0.4) is 0 Å². The van der Waals surface area contributed by atoms with Crippen molar-refractivity contribution in [2.24, 2.45) is 0 Å². The molecule has 0 aliphatic heterocycles. The lowest BCUT2D eigenvalue weighted by molar-refractivity contribution is -0.124. The van der Waals surface area contributed by atoms with E-state index in [4.69, 9.17) is 64.0 Å². The summed E-state index contributed by atoms with van der Waals surface area (Å²) in [6.07, 6.45) is -1.90. The van der Waals surface area contributed by atoms with Gasteiger partial charge in [0.25, 0.3) is 11.8 Å². The SMILES string of the molecule is C.[C-]#[N+]c1ccc(N[C@@H](C(=O)NNC(=O)c2ccc(Cl)cc2)[C@H](C)O)c(C)c1Cl.[C-]#[N+]c1ccc(N[C@@H](c2nnc(-c3ccc(Cl)cc3)o2)[C@H](C)O)c(C)c1Cl. The van der Waals surface area contributed by atoms with E-state index >= 15 is 0 Å². The van der Waals surface area contributed by atoms with E-state index in [9.17, 15) is 19.8 Å². The largest absolute Gasteiger partial charge is 0.418 e. The number of hydrazine groups is 1. The number of benzene rings is 4. The fourth-order valence-corrected chi connectivity index (χ4v) is 5.56. The van der Waals surface area contributed by atoms with Gasteiger partial charge >= 0.3 is 0 Å². The average molecular weight is 841 g/mol. The maximum atomic E-state index is 12.4. The van der Waals surface area contributed by atoms with Gasteiger partial charge in [0.05, 0.1) is 35.4 Å². The molecule has 5 rings (SSSR count). The van der Waals surface area contributed by atoms with Crippen molar-refractivity contribution >= 4 is 81.0 Å². The monoisotopic (exact) mass is 838 g/mol. The minimum atomic E-state index is -1.08. The molecule has 0 spiro atoms. The zero-order chi connectivity index (χ0) is 40.4. The van der Waals surface area contributed by atoms with Crippen molar-refractivity contribution in [3.8, 4) is 11.5 Å². The second kappa shape index (κ2) is 20.5. The molecule has 0 aliphatic carbocycles. The van der Waals surface area contributed by atoms with Gasteiger partial charge in [-0.15, -0.1) is 10.2 Å². The molecule has 1 heterocycles. The van der Waals surface area contributed by atoms with Gasteiger partial charge in [-0.25, -0.2) is 9.69 Å². The van der Waals surface area contributed by atoms with Crippen LogP contribution in [-0.4, -0.2) is 50.5 Å². The fourth-order valence-electron chi connectivity index (χ4n) is 4.89. The molecule has 0 aliphatic rings. The predicted molar refractivity (Wildman–Crippen MR) is 221 cm³/mol. The first-order chi connectivity index (χ1) is 26.1. The number of carbonyl (C=O) groups is 2. The normalized spacial score (nSPS) is 12.5. The molecule has 6 N–H and O–H groups in total. The number of amides is 2. The number of carbonyl (C=O) groups excluding carboxylic acids is 2. The molecule has 0 radical (unpaired) electrons. The summed E-state index contributed by atoms with van der Waals surface area (Å²) >= 11 is 24.0. The predicted octanol–water partition coefficient (Wildman–Crippen LogP) is 9.55.